The first-order valence-electron chi connectivity index (χ1n) is 13.2. The first-order chi connectivity index (χ1) is 20.0. The summed E-state index contributed by atoms with van der Waals surface area (Å²) < 4.78 is 55.5. The quantitative estimate of drug-likeness (QED) is 0.152. The van der Waals surface area contributed by atoms with Crippen molar-refractivity contribution in [3.63, 3.8) is 0 Å². The number of nitrogens with zero attached hydrogens (tertiary/aromatic N) is 5. The third-order valence-corrected chi connectivity index (χ3v) is 7.51. The van der Waals surface area contributed by atoms with E-state index in [0.29, 0.717) is 36.7 Å². The molecule has 11 heteroatoms. The molecule has 0 N–H and O–H groups in total. The van der Waals surface area contributed by atoms with Gasteiger partial charge in [-0.1, -0.05) is 0 Å². The van der Waals surface area contributed by atoms with E-state index in [1.54, 1.807) is 43.9 Å². The van der Waals surface area contributed by atoms with Crippen LogP contribution in [0.15, 0.2) is 42.5 Å². The molecule has 42 heavy (non-hydrogen) atoms. The van der Waals surface area contributed by atoms with Crippen molar-refractivity contribution in [3.05, 3.63) is 65.7 Å². The molecule has 210 valence electrons. The van der Waals surface area contributed by atoms with Crippen LogP contribution in [0.25, 0.3) is 32.8 Å². The smallest absolute Gasteiger partial charge is 0.198 e. The molecule has 1 saturated heterocycles. The van der Waals surface area contributed by atoms with E-state index < -0.39 is 35.4 Å². The summed E-state index contributed by atoms with van der Waals surface area (Å²) in [5.41, 5.74) is -0.511. The monoisotopic (exact) mass is 761 g/mol. The number of rotatable bonds is 3. The van der Waals surface area contributed by atoms with Crippen molar-refractivity contribution in [2.75, 3.05) is 24.5 Å². The van der Waals surface area contributed by atoms with Gasteiger partial charge >= 0.3 is 187 Å². The normalized spacial score (nSPS) is 15.3. The molecule has 7 nitrogen and oxygen atoms in total. The van der Waals surface area contributed by atoms with Crippen LogP contribution in [-0.2, 0) is 4.74 Å². The van der Waals surface area contributed by atoms with E-state index in [1.165, 1.54) is 4.90 Å². The molecule has 3 aromatic carbocycles. The first-order valence-corrected chi connectivity index (χ1v) is 15.5. The van der Waals surface area contributed by atoms with E-state index in [0.717, 1.165) is 11.5 Å². The van der Waals surface area contributed by atoms with Crippen molar-refractivity contribution < 1.29 is 22.7 Å². The molecule has 0 aliphatic carbocycles. The Morgan fingerprint density at radius 2 is 1.88 bits per heavy atom. The van der Waals surface area contributed by atoms with Gasteiger partial charge in [0.1, 0.15) is 5.60 Å². The van der Waals surface area contributed by atoms with E-state index in [4.69, 9.17) is 4.74 Å². The zero-order valence-corrected chi connectivity index (χ0v) is 27.7. The minimum absolute atomic E-state index is 0.0161. The predicted molar refractivity (Wildman–Crippen MR) is 154 cm³/mol. The predicted octanol–water partition coefficient (Wildman–Crippen LogP) is 5.68. The van der Waals surface area contributed by atoms with Crippen LogP contribution >= 0.6 is 0 Å². The molecule has 0 spiro atoms. The van der Waals surface area contributed by atoms with Gasteiger partial charge in [0.15, 0.2) is 0 Å². The summed E-state index contributed by atoms with van der Waals surface area (Å²) >= 11 is 0.420. The summed E-state index contributed by atoms with van der Waals surface area (Å²) in [7, 11) is 0. The fourth-order valence-electron chi connectivity index (χ4n) is 5.26. The number of hydrogen-bond acceptors (Lipinski definition) is 6. The zero-order valence-electron chi connectivity index (χ0n) is 23.2. The van der Waals surface area contributed by atoms with Crippen molar-refractivity contribution in [2.45, 2.75) is 38.8 Å². The number of halogens is 3. The Morgan fingerprint density at radius 3 is 2.57 bits per heavy atom. The van der Waals surface area contributed by atoms with Gasteiger partial charge in [-0.3, -0.25) is 0 Å². The van der Waals surface area contributed by atoms with Crippen molar-refractivity contribution in [1.29, 1.82) is 5.26 Å². The number of carbonyl (C=O) groups is 1. The number of piperazine rings is 1. The topological polar surface area (TPSA) is 82.3 Å². The summed E-state index contributed by atoms with van der Waals surface area (Å²) in [6.07, 6.45) is -1.78. The maximum absolute atomic E-state index is 16.3. The van der Waals surface area contributed by atoms with Gasteiger partial charge in [-0.25, -0.2) is 4.79 Å². The van der Waals surface area contributed by atoms with E-state index in [9.17, 15) is 14.4 Å². The molecule has 1 aromatic heterocycles. The second-order valence-corrected chi connectivity index (χ2v) is 12.0. The molecule has 0 radical (unpaired) electrons. The van der Waals surface area contributed by atoms with E-state index in [-0.39, 0.29) is 53.9 Å². The molecule has 4 aromatic rings. The van der Waals surface area contributed by atoms with Crippen molar-refractivity contribution in [1.82, 2.24) is 14.9 Å². The van der Waals surface area contributed by atoms with Gasteiger partial charge in [0.2, 0.25) is 0 Å². The molecule has 2 heterocycles. The molecule has 0 unspecified atom stereocenters. The van der Waals surface area contributed by atoms with Gasteiger partial charge in [-0.2, -0.15) is 5.26 Å². The molecule has 1 amide bonds. The van der Waals surface area contributed by atoms with Gasteiger partial charge in [0.25, 0.3) is 0 Å². The number of fused-ring (bicyclic) bond motifs is 2. The minimum Gasteiger partial charge on any atom is -0.198 e. The Kier molecular flexibility index (Phi) is 8.28. The van der Waals surface area contributed by atoms with Crippen LogP contribution in [0.4, 0.5) is 23.8 Å². The third-order valence-electron chi connectivity index (χ3n) is 6.95. The number of carbonyl (C=O) groups excluding carboxylic acids is 1. The first kappa shape index (κ1) is 29.6. The SMILES string of the molecule is CC(C)(C)OC(=O)N1CCN(c2nc(F)nc3c(F)c(-c4cccc5cccc(C#[C][Tl])c45)c(F)cc23)C[C@@H]1CC#N. The van der Waals surface area contributed by atoms with Crippen LogP contribution in [0.2, 0.25) is 0 Å². The Bertz CT molecular complexity index is 1820. The molecular weight excluding hydrogens is 736 g/mol. The van der Waals surface area contributed by atoms with Crippen LogP contribution in [-0.4, -0.2) is 78.0 Å². The number of aromatic nitrogens is 2. The fourth-order valence-corrected chi connectivity index (χ4v) is 5.87. The third kappa shape index (κ3) is 5.73. The summed E-state index contributed by atoms with van der Waals surface area (Å²) in [6, 6.07) is 13.2. The van der Waals surface area contributed by atoms with E-state index in [1.807, 2.05) is 18.2 Å². The van der Waals surface area contributed by atoms with Crippen molar-refractivity contribution >= 4 is 59.4 Å². The van der Waals surface area contributed by atoms with Crippen molar-refractivity contribution in [3.8, 4) is 26.6 Å². The molecule has 1 atom stereocenters. The number of ether oxygens (including phenoxy) is 1. The summed E-state index contributed by atoms with van der Waals surface area (Å²) in [4.78, 5) is 23.5. The number of nitriles is 1. The summed E-state index contributed by atoms with van der Waals surface area (Å²) in [5.74, 6) is 1.17. The standard InChI is InChI=1S/C31H25F3N5O2.Tl/c1-5-18-8-6-9-19-10-7-11-21(24(18)19)25-23(32)16-22-27(26(25)33)36-29(34)37-28(22)38-14-15-39(20(17-38)12-13-35)30(40)41-31(2,3)4;/h6-11,16,20H,12,14-15,17H2,2-4H3;/t20-;/m0./s1. The van der Waals surface area contributed by atoms with Crippen molar-refractivity contribution in [2.24, 2.45) is 0 Å². The molecule has 1 fully saturated rings. The molecule has 1 aliphatic rings. The Labute approximate surface area is 257 Å². The maximum atomic E-state index is 16.3. The Hall–Kier alpha value is -3.91. The zero-order chi connectivity index (χ0) is 30.2. The minimum atomic E-state index is -1.18. The molecule has 1 aliphatic heterocycles. The van der Waals surface area contributed by atoms with E-state index in [2.05, 4.69) is 25.4 Å². The average molecular weight is 761 g/mol. The van der Waals surface area contributed by atoms with Gasteiger partial charge in [-0.05, 0) is 20.8 Å². The van der Waals surface area contributed by atoms with Crippen LogP contribution in [0, 0.1) is 38.4 Å². The van der Waals surface area contributed by atoms with Crippen LogP contribution in [0.3, 0.4) is 0 Å². The number of benzene rings is 3. The molecule has 5 rings (SSSR count). The summed E-state index contributed by atoms with van der Waals surface area (Å²) in [5, 5.41) is 10.8. The van der Waals surface area contributed by atoms with E-state index >= 15 is 8.78 Å². The van der Waals surface area contributed by atoms with Crippen LogP contribution in [0.5, 0.6) is 0 Å². The molecule has 0 saturated carbocycles. The van der Waals surface area contributed by atoms with Crippen LogP contribution < -0.4 is 4.90 Å². The molecular formula is C31H25F3N5O2Tl. The Balaban J connectivity index is 1.61. The fraction of sp³-hybridized carbons (Fsp3) is 0.290. The second-order valence-electron chi connectivity index (χ2n) is 10.9. The average Bonchev–Trinajstić information content (AvgIpc) is 2.93. The number of anilines is 1. The van der Waals surface area contributed by atoms with Gasteiger partial charge in [0, 0.05) is 6.54 Å². The summed E-state index contributed by atoms with van der Waals surface area (Å²) in [6.45, 7) is 5.61. The van der Waals surface area contributed by atoms with Gasteiger partial charge in [-0.15, -0.1) is 0 Å². The Morgan fingerprint density at radius 1 is 1.14 bits per heavy atom. The number of hydrogen-bond donors (Lipinski definition) is 0. The van der Waals surface area contributed by atoms with Gasteiger partial charge < -0.3 is 9.64 Å². The molecule has 0 bridgehead atoms. The second kappa shape index (κ2) is 11.8. The van der Waals surface area contributed by atoms with Crippen LogP contribution in [0.1, 0.15) is 32.8 Å². The van der Waals surface area contributed by atoms with Gasteiger partial charge in [0.05, 0.1) is 18.5 Å². The number of amides is 1.